The molecule has 0 bridgehead atoms. The molecule has 36 heavy (non-hydrogen) atoms. The number of rotatable bonds is 6. The van der Waals surface area contributed by atoms with Gasteiger partial charge in [-0.1, -0.05) is 66.4 Å². The van der Waals surface area contributed by atoms with E-state index in [1.165, 1.54) is 0 Å². The summed E-state index contributed by atoms with van der Waals surface area (Å²) in [5.41, 5.74) is 1.52. The Morgan fingerprint density at radius 2 is 1.61 bits per heavy atom. The highest BCUT2D eigenvalue weighted by Crippen LogP contribution is 2.35. The first-order valence-corrected chi connectivity index (χ1v) is 12.9. The van der Waals surface area contributed by atoms with E-state index in [9.17, 15) is 9.59 Å². The third-order valence-corrected chi connectivity index (χ3v) is 7.65. The van der Waals surface area contributed by atoms with Gasteiger partial charge in [0.15, 0.2) is 0 Å². The minimum atomic E-state index is -0.128. The fourth-order valence-electron chi connectivity index (χ4n) is 4.61. The van der Waals surface area contributed by atoms with Crippen molar-refractivity contribution < 1.29 is 14.3 Å². The summed E-state index contributed by atoms with van der Waals surface area (Å²) in [6, 6.07) is 29.5. The van der Waals surface area contributed by atoms with Crippen molar-refractivity contribution in [1.29, 1.82) is 0 Å². The molecule has 0 spiro atoms. The summed E-state index contributed by atoms with van der Waals surface area (Å²) >= 11 is 1.59. The minimum absolute atomic E-state index is 0.00551. The van der Waals surface area contributed by atoms with Gasteiger partial charge in [-0.15, -0.1) is 0 Å². The lowest BCUT2D eigenvalue weighted by Crippen LogP contribution is -2.41. The largest absolute Gasteiger partial charge is 0.497 e. The molecule has 5 nitrogen and oxygen atoms in total. The maximum Gasteiger partial charge on any atom is 0.254 e. The van der Waals surface area contributed by atoms with E-state index in [4.69, 9.17) is 4.74 Å². The summed E-state index contributed by atoms with van der Waals surface area (Å²) in [7, 11) is 1.65. The second-order valence-corrected chi connectivity index (χ2v) is 9.97. The zero-order valence-electron chi connectivity index (χ0n) is 20.1. The highest BCUT2D eigenvalue weighted by atomic mass is 32.2. The van der Waals surface area contributed by atoms with Crippen molar-refractivity contribution in [1.82, 2.24) is 4.90 Å². The van der Waals surface area contributed by atoms with Crippen LogP contribution in [0.1, 0.15) is 23.2 Å². The smallest absolute Gasteiger partial charge is 0.254 e. The lowest BCUT2D eigenvalue weighted by molar-refractivity contribution is -0.121. The van der Waals surface area contributed by atoms with Crippen molar-refractivity contribution in [2.75, 3.05) is 25.5 Å². The van der Waals surface area contributed by atoms with Crippen LogP contribution in [-0.4, -0.2) is 36.9 Å². The number of hydrogen-bond donors (Lipinski definition) is 1. The number of piperidine rings is 1. The topological polar surface area (TPSA) is 58.6 Å². The Bertz CT molecular complexity index is 1390. The van der Waals surface area contributed by atoms with E-state index in [1.807, 2.05) is 95.9 Å². The Hall–Kier alpha value is -3.77. The molecule has 6 heteroatoms. The van der Waals surface area contributed by atoms with E-state index in [0.29, 0.717) is 25.9 Å². The maximum atomic E-state index is 13.3. The van der Waals surface area contributed by atoms with E-state index in [-0.39, 0.29) is 17.7 Å². The highest BCUT2D eigenvalue weighted by molar-refractivity contribution is 7.99. The molecule has 4 aromatic rings. The average molecular weight is 497 g/mol. The summed E-state index contributed by atoms with van der Waals surface area (Å²) in [5.74, 6) is 0.708. The summed E-state index contributed by atoms with van der Waals surface area (Å²) in [6.45, 7) is 1.14. The first-order chi connectivity index (χ1) is 17.6. The summed E-state index contributed by atoms with van der Waals surface area (Å²) < 4.78 is 5.33. The predicted octanol–water partition coefficient (Wildman–Crippen LogP) is 6.49. The van der Waals surface area contributed by atoms with Crippen LogP contribution in [0.3, 0.4) is 0 Å². The van der Waals surface area contributed by atoms with Gasteiger partial charge in [-0.2, -0.15) is 0 Å². The number of amides is 2. The Kier molecular flexibility index (Phi) is 7.23. The number of carbonyl (C=O) groups is 2. The van der Waals surface area contributed by atoms with Gasteiger partial charge in [0.1, 0.15) is 5.75 Å². The summed E-state index contributed by atoms with van der Waals surface area (Å²) in [5, 5.41) is 5.16. The van der Waals surface area contributed by atoms with Crippen LogP contribution in [0.2, 0.25) is 0 Å². The van der Waals surface area contributed by atoms with E-state index in [0.717, 1.165) is 37.6 Å². The molecule has 0 aromatic heterocycles. The van der Waals surface area contributed by atoms with E-state index in [2.05, 4.69) is 5.32 Å². The molecule has 1 aliphatic heterocycles. The van der Waals surface area contributed by atoms with Gasteiger partial charge in [0.05, 0.1) is 12.8 Å². The van der Waals surface area contributed by atoms with Gasteiger partial charge in [0, 0.05) is 34.4 Å². The Morgan fingerprint density at radius 3 is 2.44 bits per heavy atom. The zero-order valence-corrected chi connectivity index (χ0v) is 21.0. The number of nitrogens with zero attached hydrogens (tertiary/aromatic N) is 1. The quantitative estimate of drug-likeness (QED) is 0.331. The lowest BCUT2D eigenvalue weighted by Gasteiger charge is -2.31. The van der Waals surface area contributed by atoms with E-state index in [1.54, 1.807) is 18.9 Å². The number of fused-ring (bicyclic) bond motifs is 1. The molecule has 0 aliphatic carbocycles. The van der Waals surface area contributed by atoms with Crippen molar-refractivity contribution in [3.05, 3.63) is 96.6 Å². The number of likely N-dealkylation sites (tertiary alicyclic amines) is 1. The van der Waals surface area contributed by atoms with Gasteiger partial charge in [0.25, 0.3) is 5.91 Å². The van der Waals surface area contributed by atoms with Gasteiger partial charge < -0.3 is 15.0 Å². The summed E-state index contributed by atoms with van der Waals surface area (Å²) in [6.07, 6.45) is 1.29. The number of hydrogen-bond acceptors (Lipinski definition) is 4. The molecular formula is C30H28N2O3S. The van der Waals surface area contributed by atoms with Crippen molar-refractivity contribution in [3.63, 3.8) is 0 Å². The zero-order chi connectivity index (χ0) is 24.9. The number of benzene rings is 4. The van der Waals surface area contributed by atoms with Crippen molar-refractivity contribution in [2.45, 2.75) is 22.6 Å². The Balaban J connectivity index is 1.22. The molecule has 0 unspecified atom stereocenters. The number of anilines is 1. The van der Waals surface area contributed by atoms with E-state index >= 15 is 0 Å². The van der Waals surface area contributed by atoms with Crippen LogP contribution in [0.5, 0.6) is 5.75 Å². The number of para-hydroxylation sites is 1. The first kappa shape index (κ1) is 23.9. The third-order valence-electron chi connectivity index (χ3n) is 6.59. The molecule has 1 heterocycles. The van der Waals surface area contributed by atoms with Crippen LogP contribution in [-0.2, 0) is 4.79 Å². The predicted molar refractivity (Wildman–Crippen MR) is 145 cm³/mol. The molecule has 1 N–H and O–H groups in total. The van der Waals surface area contributed by atoms with Crippen LogP contribution >= 0.6 is 11.8 Å². The fourth-order valence-corrected chi connectivity index (χ4v) is 5.56. The third kappa shape index (κ3) is 5.24. The first-order valence-electron chi connectivity index (χ1n) is 12.1. The molecule has 2 amide bonds. The van der Waals surface area contributed by atoms with E-state index < -0.39 is 0 Å². The molecular weight excluding hydrogens is 468 g/mol. The normalized spacial score (nSPS) is 14.0. The molecule has 1 saturated heterocycles. The van der Waals surface area contributed by atoms with Crippen LogP contribution in [0, 0.1) is 5.92 Å². The average Bonchev–Trinajstić information content (AvgIpc) is 2.93. The Labute approximate surface area is 215 Å². The SMILES string of the molecule is COc1cccc(Sc2ccccc2NC(=O)C2CCN(C(=O)c3cccc4ccccc34)CC2)c1. The lowest BCUT2D eigenvalue weighted by atomic mass is 9.94. The number of nitrogens with one attached hydrogen (secondary N) is 1. The number of methoxy groups -OCH3 is 1. The second-order valence-electron chi connectivity index (χ2n) is 8.86. The molecule has 0 radical (unpaired) electrons. The number of carbonyl (C=O) groups excluding carboxylic acids is 2. The van der Waals surface area contributed by atoms with Crippen LogP contribution in [0.25, 0.3) is 10.8 Å². The minimum Gasteiger partial charge on any atom is -0.497 e. The monoisotopic (exact) mass is 496 g/mol. The van der Waals surface area contributed by atoms with Crippen LogP contribution in [0.15, 0.2) is 101 Å². The molecule has 182 valence electrons. The highest BCUT2D eigenvalue weighted by Gasteiger charge is 2.28. The van der Waals surface area contributed by atoms with Crippen LogP contribution in [0.4, 0.5) is 5.69 Å². The fraction of sp³-hybridized carbons (Fsp3) is 0.200. The maximum absolute atomic E-state index is 13.3. The van der Waals surface area contributed by atoms with Crippen molar-refractivity contribution in [3.8, 4) is 5.75 Å². The molecule has 1 fully saturated rings. The second kappa shape index (κ2) is 10.9. The molecule has 4 aromatic carbocycles. The van der Waals surface area contributed by atoms with Gasteiger partial charge in [-0.05, 0) is 60.0 Å². The van der Waals surface area contributed by atoms with Gasteiger partial charge >= 0.3 is 0 Å². The van der Waals surface area contributed by atoms with Gasteiger partial charge in [0.2, 0.25) is 5.91 Å². The van der Waals surface area contributed by atoms with Crippen molar-refractivity contribution >= 4 is 40.0 Å². The Morgan fingerprint density at radius 1 is 0.889 bits per heavy atom. The van der Waals surface area contributed by atoms with Crippen LogP contribution < -0.4 is 10.1 Å². The molecule has 0 atom stereocenters. The number of ether oxygens (including phenoxy) is 1. The van der Waals surface area contributed by atoms with Crippen molar-refractivity contribution in [2.24, 2.45) is 5.92 Å². The standard InChI is InChI=1S/C30H28N2O3S/c1-35-23-10-7-11-24(20-23)36-28-15-5-4-14-27(28)31-29(33)22-16-18-32(19-17-22)30(34)26-13-6-9-21-8-2-3-12-25(21)26/h2-15,20,22H,16-19H2,1H3,(H,31,33). The molecule has 0 saturated carbocycles. The molecule has 5 rings (SSSR count). The van der Waals surface area contributed by atoms with Gasteiger partial charge in [-0.3, -0.25) is 9.59 Å². The van der Waals surface area contributed by atoms with Gasteiger partial charge in [-0.25, -0.2) is 0 Å². The summed E-state index contributed by atoms with van der Waals surface area (Å²) in [4.78, 5) is 30.3. The molecule has 1 aliphatic rings.